The summed E-state index contributed by atoms with van der Waals surface area (Å²) in [5, 5.41) is 9.14. The van der Waals surface area contributed by atoms with Crippen molar-refractivity contribution in [2.75, 3.05) is 12.3 Å². The molecule has 0 aliphatic carbocycles. The number of nitrogens with two attached hydrogens (primary N) is 2. The molecule has 6 N–H and O–H groups in total. The molecule has 1 amide bonds. The summed E-state index contributed by atoms with van der Waals surface area (Å²) < 4.78 is 25.8. The fourth-order valence-electron chi connectivity index (χ4n) is 1.23. The third kappa shape index (κ3) is 3.95. The van der Waals surface area contributed by atoms with Crippen LogP contribution in [0.15, 0.2) is 17.0 Å². The summed E-state index contributed by atoms with van der Waals surface area (Å²) in [5.74, 6) is -1.06. The molecule has 10 heteroatoms. The smallest absolute Gasteiger partial charge is 0.247 e. The first-order valence-electron chi connectivity index (χ1n) is 4.86. The van der Waals surface area contributed by atoms with E-state index in [2.05, 4.69) is 0 Å². The SMILES string of the molecule is NC(=O)C(O)CNS(=O)(=O)c1c(N)cc(Cl)cc1Cl. The third-order valence-corrected chi connectivity index (χ3v) is 4.27. The van der Waals surface area contributed by atoms with Crippen molar-refractivity contribution in [1.82, 2.24) is 4.72 Å². The molecule has 0 bridgehead atoms. The number of halogens is 2. The van der Waals surface area contributed by atoms with E-state index in [0.717, 1.165) is 0 Å². The number of hydrogen-bond acceptors (Lipinski definition) is 5. The van der Waals surface area contributed by atoms with Crippen LogP contribution < -0.4 is 16.2 Å². The van der Waals surface area contributed by atoms with Crippen LogP contribution in [0.3, 0.4) is 0 Å². The number of nitrogens with one attached hydrogen (secondary N) is 1. The number of aliphatic hydroxyl groups excluding tert-OH is 1. The molecule has 0 saturated heterocycles. The Morgan fingerprint density at radius 3 is 2.47 bits per heavy atom. The van der Waals surface area contributed by atoms with E-state index in [1.165, 1.54) is 12.1 Å². The van der Waals surface area contributed by atoms with Crippen LogP contribution in [0, 0.1) is 0 Å². The van der Waals surface area contributed by atoms with Crippen molar-refractivity contribution in [1.29, 1.82) is 0 Å². The zero-order chi connectivity index (χ0) is 14.8. The number of primary amides is 1. The van der Waals surface area contributed by atoms with Crippen molar-refractivity contribution in [3.8, 4) is 0 Å². The largest absolute Gasteiger partial charge is 0.398 e. The normalized spacial score (nSPS) is 13.2. The number of sulfonamides is 1. The van der Waals surface area contributed by atoms with Crippen molar-refractivity contribution in [2.45, 2.75) is 11.0 Å². The topological polar surface area (TPSA) is 136 Å². The highest BCUT2D eigenvalue weighted by Crippen LogP contribution is 2.30. The molecule has 1 rings (SSSR count). The van der Waals surface area contributed by atoms with Crippen molar-refractivity contribution in [2.24, 2.45) is 5.73 Å². The maximum absolute atomic E-state index is 11.9. The Labute approximate surface area is 119 Å². The van der Waals surface area contributed by atoms with Crippen molar-refractivity contribution >= 4 is 44.8 Å². The lowest BCUT2D eigenvalue weighted by atomic mass is 10.3. The summed E-state index contributed by atoms with van der Waals surface area (Å²) in [5.41, 5.74) is 10.2. The lowest BCUT2D eigenvalue weighted by Crippen LogP contribution is -2.40. The van der Waals surface area contributed by atoms with Gasteiger partial charge in [0.1, 0.15) is 11.0 Å². The Morgan fingerprint density at radius 2 is 2.00 bits per heavy atom. The van der Waals surface area contributed by atoms with Gasteiger partial charge in [-0.3, -0.25) is 4.79 Å². The monoisotopic (exact) mass is 327 g/mol. The van der Waals surface area contributed by atoms with Gasteiger partial charge in [-0.2, -0.15) is 0 Å². The Hall–Kier alpha value is -1.06. The second-order valence-electron chi connectivity index (χ2n) is 3.58. The van der Waals surface area contributed by atoms with Crippen molar-refractivity contribution in [3.63, 3.8) is 0 Å². The Bertz CT molecular complexity index is 582. The standard InChI is InChI=1S/C9H11Cl2N3O4S/c10-4-1-5(11)8(6(12)2-4)19(17,18)14-3-7(15)9(13)16/h1-2,7,14-15H,3,12H2,(H2,13,16). The number of aliphatic hydroxyl groups is 1. The summed E-state index contributed by atoms with van der Waals surface area (Å²) in [4.78, 5) is 10.2. The van der Waals surface area contributed by atoms with Crippen LogP contribution in [-0.4, -0.2) is 32.1 Å². The molecule has 106 valence electrons. The summed E-state index contributed by atoms with van der Waals surface area (Å²) in [6.07, 6.45) is -1.65. The van der Waals surface area contributed by atoms with Gasteiger partial charge >= 0.3 is 0 Å². The van der Waals surface area contributed by atoms with E-state index in [9.17, 15) is 13.2 Å². The van der Waals surface area contributed by atoms with Gasteiger partial charge in [0, 0.05) is 11.6 Å². The van der Waals surface area contributed by atoms with E-state index in [0.29, 0.717) is 0 Å². The number of amides is 1. The first-order chi connectivity index (χ1) is 8.65. The number of anilines is 1. The van der Waals surface area contributed by atoms with E-state index in [4.69, 9.17) is 39.8 Å². The summed E-state index contributed by atoms with van der Waals surface area (Å²) in [7, 11) is -4.10. The third-order valence-electron chi connectivity index (χ3n) is 2.10. The molecule has 0 aliphatic rings. The summed E-state index contributed by atoms with van der Waals surface area (Å²) in [6, 6.07) is 2.42. The maximum Gasteiger partial charge on any atom is 0.247 e. The fraction of sp³-hybridized carbons (Fsp3) is 0.222. The number of rotatable bonds is 5. The zero-order valence-electron chi connectivity index (χ0n) is 9.43. The molecular formula is C9H11Cl2N3O4S. The maximum atomic E-state index is 11.9. The zero-order valence-corrected chi connectivity index (χ0v) is 11.8. The molecule has 7 nitrogen and oxygen atoms in total. The van der Waals surface area contributed by atoms with Crippen LogP contribution >= 0.6 is 23.2 Å². The Balaban J connectivity index is 3.05. The van der Waals surface area contributed by atoms with Gasteiger partial charge in [0.15, 0.2) is 0 Å². The average Bonchev–Trinajstić information content (AvgIpc) is 2.23. The number of carbonyl (C=O) groups excluding carboxylic acids is 1. The molecule has 1 aromatic carbocycles. The second kappa shape index (κ2) is 5.93. The first kappa shape index (κ1) is 16.0. The molecule has 1 aromatic rings. The number of benzene rings is 1. The Morgan fingerprint density at radius 1 is 1.42 bits per heavy atom. The van der Waals surface area contributed by atoms with Crippen molar-refractivity contribution in [3.05, 3.63) is 22.2 Å². The number of hydrogen-bond donors (Lipinski definition) is 4. The van der Waals surface area contributed by atoms with Crippen LogP contribution in [0.5, 0.6) is 0 Å². The molecule has 0 aliphatic heterocycles. The second-order valence-corrected chi connectivity index (χ2v) is 6.12. The van der Waals surface area contributed by atoms with Gasteiger partial charge in [0.2, 0.25) is 15.9 Å². The van der Waals surface area contributed by atoms with Gasteiger partial charge in [-0.15, -0.1) is 0 Å². The quantitative estimate of drug-likeness (QED) is 0.550. The lowest BCUT2D eigenvalue weighted by Gasteiger charge is -2.12. The van der Waals surface area contributed by atoms with Crippen LogP contribution in [0.25, 0.3) is 0 Å². The first-order valence-corrected chi connectivity index (χ1v) is 7.10. The van der Waals surface area contributed by atoms with Gasteiger partial charge in [-0.25, -0.2) is 13.1 Å². The predicted molar refractivity (Wildman–Crippen MR) is 71.3 cm³/mol. The number of nitrogen functional groups attached to an aromatic ring is 1. The molecule has 0 fully saturated rings. The van der Waals surface area contributed by atoms with Crippen molar-refractivity contribution < 1.29 is 18.3 Å². The van der Waals surface area contributed by atoms with Gasteiger partial charge in [-0.05, 0) is 12.1 Å². The van der Waals surface area contributed by atoms with E-state index in [1.54, 1.807) is 0 Å². The molecule has 1 atom stereocenters. The van der Waals surface area contributed by atoms with E-state index >= 15 is 0 Å². The molecule has 19 heavy (non-hydrogen) atoms. The van der Waals surface area contributed by atoms with E-state index in [1.807, 2.05) is 4.72 Å². The van der Waals surface area contributed by atoms with Gasteiger partial charge in [0.05, 0.1) is 10.7 Å². The number of carbonyl (C=O) groups is 1. The minimum Gasteiger partial charge on any atom is -0.398 e. The fourth-order valence-corrected chi connectivity index (χ4v) is 3.25. The van der Waals surface area contributed by atoms with Crippen LogP contribution in [-0.2, 0) is 14.8 Å². The molecule has 0 aromatic heterocycles. The van der Waals surface area contributed by atoms with E-state index in [-0.39, 0.29) is 20.6 Å². The van der Waals surface area contributed by atoms with Crippen LogP contribution in [0.4, 0.5) is 5.69 Å². The highest BCUT2D eigenvalue weighted by atomic mass is 35.5. The van der Waals surface area contributed by atoms with Gasteiger partial charge < -0.3 is 16.6 Å². The molecule has 0 spiro atoms. The minimum atomic E-state index is -4.10. The lowest BCUT2D eigenvalue weighted by molar-refractivity contribution is -0.125. The molecule has 0 saturated carbocycles. The minimum absolute atomic E-state index is 0.154. The van der Waals surface area contributed by atoms with E-state index < -0.39 is 28.6 Å². The van der Waals surface area contributed by atoms with Gasteiger partial charge in [0.25, 0.3) is 0 Å². The highest BCUT2D eigenvalue weighted by molar-refractivity contribution is 7.89. The molecule has 0 heterocycles. The predicted octanol–water partition coefficient (Wildman–Crippen LogP) is -0.300. The average molecular weight is 328 g/mol. The van der Waals surface area contributed by atoms with Crippen LogP contribution in [0.1, 0.15) is 0 Å². The molecular weight excluding hydrogens is 317 g/mol. The van der Waals surface area contributed by atoms with Gasteiger partial charge in [-0.1, -0.05) is 23.2 Å². The summed E-state index contributed by atoms with van der Waals surface area (Å²) >= 11 is 11.4. The summed E-state index contributed by atoms with van der Waals surface area (Å²) in [6.45, 7) is -0.587. The van der Waals surface area contributed by atoms with Crippen LogP contribution in [0.2, 0.25) is 10.0 Å². The Kier molecular flexibility index (Phi) is 4.99. The highest BCUT2D eigenvalue weighted by Gasteiger charge is 2.23. The molecule has 0 radical (unpaired) electrons. The molecule has 1 unspecified atom stereocenters.